The Hall–Kier alpha value is -0.450. The topological polar surface area (TPSA) is 96.2 Å². The minimum Gasteiger partial charge on any atom is -0.379 e. The molecule has 8 nitrogen and oxygen atoms in total. The fraction of sp³-hybridized carbons (Fsp3) is 0.941. The molecule has 0 unspecified atom stereocenters. The van der Waals surface area contributed by atoms with Crippen molar-refractivity contribution in [2.75, 3.05) is 59.0 Å². The Bertz CT molecular complexity index is 584. The molecule has 1 saturated carbocycles. The molecule has 27 heavy (non-hydrogen) atoms. The molecule has 0 bridgehead atoms. The van der Waals surface area contributed by atoms with Gasteiger partial charge >= 0.3 is 0 Å². The molecule has 10 heteroatoms. The standard InChI is InChI=1S/C17H32N4O4S.ClH/c18-15-17(4-2-1-3-5-17)14-16(22)19-6-8-20(9-7-19)26(23,24)21-10-12-25-13-11-21;/h1-15,18H2;1H. The highest BCUT2D eigenvalue weighted by molar-refractivity contribution is 7.86. The second kappa shape index (κ2) is 9.84. The highest BCUT2D eigenvalue weighted by atomic mass is 35.5. The molecule has 0 aromatic carbocycles. The Morgan fingerprint density at radius 1 is 0.926 bits per heavy atom. The maximum Gasteiger partial charge on any atom is 0.282 e. The maximum atomic E-state index is 12.8. The third-order valence-corrected chi connectivity index (χ3v) is 8.12. The van der Waals surface area contributed by atoms with Crippen LogP contribution in [-0.4, -0.2) is 86.9 Å². The summed E-state index contributed by atoms with van der Waals surface area (Å²) in [6, 6.07) is 0. The number of nitrogens with zero attached hydrogens (tertiary/aromatic N) is 3. The zero-order valence-electron chi connectivity index (χ0n) is 16.0. The van der Waals surface area contributed by atoms with E-state index in [0.29, 0.717) is 65.4 Å². The predicted molar refractivity (Wildman–Crippen MR) is 106 cm³/mol. The summed E-state index contributed by atoms with van der Waals surface area (Å²) in [7, 11) is -3.45. The third kappa shape index (κ3) is 5.33. The molecule has 1 aliphatic carbocycles. The van der Waals surface area contributed by atoms with Gasteiger partial charge in [0.15, 0.2) is 0 Å². The minimum absolute atomic E-state index is 0. The quantitative estimate of drug-likeness (QED) is 0.690. The van der Waals surface area contributed by atoms with Crippen molar-refractivity contribution in [2.24, 2.45) is 11.1 Å². The normalized spacial score (nSPS) is 25.0. The van der Waals surface area contributed by atoms with E-state index in [1.54, 1.807) is 0 Å². The van der Waals surface area contributed by atoms with Crippen LogP contribution in [0.3, 0.4) is 0 Å². The lowest BCUT2D eigenvalue weighted by molar-refractivity contribution is -0.135. The fourth-order valence-electron chi connectivity index (χ4n) is 4.30. The van der Waals surface area contributed by atoms with E-state index in [1.807, 2.05) is 4.90 Å². The summed E-state index contributed by atoms with van der Waals surface area (Å²) in [6.45, 7) is 3.90. The number of hydrogen-bond acceptors (Lipinski definition) is 5. The summed E-state index contributed by atoms with van der Waals surface area (Å²) in [6.07, 6.45) is 6.08. The lowest BCUT2D eigenvalue weighted by Gasteiger charge is -2.40. The number of nitrogens with two attached hydrogens (primary N) is 1. The van der Waals surface area contributed by atoms with Crippen molar-refractivity contribution in [1.29, 1.82) is 0 Å². The molecular formula is C17H33ClN4O4S. The third-order valence-electron chi connectivity index (χ3n) is 6.09. The van der Waals surface area contributed by atoms with Gasteiger partial charge in [0, 0.05) is 45.7 Å². The number of morpholine rings is 1. The van der Waals surface area contributed by atoms with Crippen molar-refractivity contribution in [3.05, 3.63) is 0 Å². The number of carbonyl (C=O) groups is 1. The first-order chi connectivity index (χ1) is 12.5. The predicted octanol–water partition coefficient (Wildman–Crippen LogP) is 0.429. The van der Waals surface area contributed by atoms with Crippen LogP contribution in [0.2, 0.25) is 0 Å². The van der Waals surface area contributed by atoms with Crippen molar-refractivity contribution in [2.45, 2.75) is 38.5 Å². The first kappa shape index (κ1) is 22.8. The van der Waals surface area contributed by atoms with Crippen molar-refractivity contribution >= 4 is 28.5 Å². The van der Waals surface area contributed by atoms with E-state index in [0.717, 1.165) is 25.7 Å². The first-order valence-electron chi connectivity index (χ1n) is 9.78. The van der Waals surface area contributed by atoms with E-state index >= 15 is 0 Å². The zero-order valence-corrected chi connectivity index (χ0v) is 17.6. The average molecular weight is 425 g/mol. The molecular weight excluding hydrogens is 392 g/mol. The Kier molecular flexibility index (Phi) is 8.33. The molecule has 1 amide bonds. The van der Waals surface area contributed by atoms with Gasteiger partial charge in [0.25, 0.3) is 10.2 Å². The number of ether oxygens (including phenoxy) is 1. The largest absolute Gasteiger partial charge is 0.379 e. The summed E-state index contributed by atoms with van der Waals surface area (Å²) >= 11 is 0. The maximum absolute atomic E-state index is 12.8. The van der Waals surface area contributed by atoms with Crippen molar-refractivity contribution < 1.29 is 17.9 Å². The summed E-state index contributed by atoms with van der Waals surface area (Å²) in [4.78, 5) is 14.6. The monoisotopic (exact) mass is 424 g/mol. The highest BCUT2D eigenvalue weighted by Gasteiger charge is 2.37. The van der Waals surface area contributed by atoms with Crippen LogP contribution in [0, 0.1) is 5.41 Å². The molecule has 0 atom stereocenters. The van der Waals surface area contributed by atoms with E-state index in [9.17, 15) is 13.2 Å². The van der Waals surface area contributed by atoms with Crippen LogP contribution < -0.4 is 5.73 Å². The van der Waals surface area contributed by atoms with Crippen molar-refractivity contribution in [3.63, 3.8) is 0 Å². The molecule has 2 aliphatic heterocycles. The Morgan fingerprint density at radius 2 is 1.48 bits per heavy atom. The van der Waals surface area contributed by atoms with Gasteiger partial charge in [0.2, 0.25) is 5.91 Å². The lowest BCUT2D eigenvalue weighted by Crippen LogP contribution is -2.56. The Balaban J connectivity index is 0.00000261. The Morgan fingerprint density at radius 3 is 2.04 bits per heavy atom. The van der Waals surface area contributed by atoms with Crippen molar-refractivity contribution in [1.82, 2.24) is 13.5 Å². The van der Waals surface area contributed by atoms with E-state index in [1.165, 1.54) is 15.0 Å². The number of piperazine rings is 1. The molecule has 0 radical (unpaired) electrons. The summed E-state index contributed by atoms with van der Waals surface area (Å²) < 4.78 is 33.6. The SMILES string of the molecule is Cl.NCC1(CC(=O)N2CCN(S(=O)(=O)N3CCOCC3)CC2)CCCCC1. The van der Waals surface area contributed by atoms with Crippen molar-refractivity contribution in [3.8, 4) is 0 Å². The second-order valence-corrected chi connectivity index (χ2v) is 9.67. The second-order valence-electron chi connectivity index (χ2n) is 7.74. The van der Waals surface area contributed by atoms with E-state index in [4.69, 9.17) is 10.5 Å². The number of amides is 1. The summed E-state index contributed by atoms with van der Waals surface area (Å²) in [5, 5.41) is 0. The Labute approximate surface area is 169 Å². The number of rotatable bonds is 5. The van der Waals surface area contributed by atoms with E-state index < -0.39 is 10.2 Å². The van der Waals surface area contributed by atoms with Gasteiger partial charge in [-0.3, -0.25) is 4.79 Å². The molecule has 2 saturated heterocycles. The number of halogens is 1. The molecule has 3 fully saturated rings. The molecule has 2 N–H and O–H groups in total. The van der Waals surface area contributed by atoms with Gasteiger partial charge in [-0.25, -0.2) is 0 Å². The molecule has 0 aromatic rings. The summed E-state index contributed by atoms with van der Waals surface area (Å²) in [5.41, 5.74) is 5.95. The van der Waals surface area contributed by atoms with E-state index in [-0.39, 0.29) is 23.7 Å². The van der Waals surface area contributed by atoms with Gasteiger partial charge < -0.3 is 15.4 Å². The van der Waals surface area contributed by atoms with Gasteiger partial charge in [0.1, 0.15) is 0 Å². The van der Waals surface area contributed by atoms with Gasteiger partial charge in [-0.2, -0.15) is 17.0 Å². The minimum atomic E-state index is -3.45. The number of hydrogen-bond donors (Lipinski definition) is 1. The van der Waals surface area contributed by atoms with E-state index in [2.05, 4.69) is 0 Å². The van der Waals surface area contributed by atoms with Crippen LogP contribution in [-0.2, 0) is 19.7 Å². The molecule has 0 aromatic heterocycles. The molecule has 158 valence electrons. The highest BCUT2D eigenvalue weighted by Crippen LogP contribution is 2.38. The average Bonchev–Trinajstić information content (AvgIpc) is 2.69. The smallest absolute Gasteiger partial charge is 0.282 e. The molecule has 3 aliphatic rings. The lowest BCUT2D eigenvalue weighted by atomic mass is 9.71. The molecule has 2 heterocycles. The van der Waals surface area contributed by atoms with Gasteiger partial charge in [0.05, 0.1) is 13.2 Å². The molecule has 0 spiro atoms. The number of carbonyl (C=O) groups excluding carboxylic acids is 1. The van der Waals surface area contributed by atoms with Crippen LogP contribution >= 0.6 is 12.4 Å². The van der Waals surface area contributed by atoms with Gasteiger partial charge in [-0.1, -0.05) is 19.3 Å². The van der Waals surface area contributed by atoms with Crippen LogP contribution in [0.15, 0.2) is 0 Å². The van der Waals surface area contributed by atoms with Gasteiger partial charge in [-0.05, 0) is 24.8 Å². The summed E-state index contributed by atoms with van der Waals surface area (Å²) in [5.74, 6) is 0.126. The zero-order chi connectivity index (χ0) is 18.6. The van der Waals surface area contributed by atoms with Crippen LogP contribution in [0.5, 0.6) is 0 Å². The van der Waals surface area contributed by atoms with Crippen LogP contribution in [0.4, 0.5) is 0 Å². The van der Waals surface area contributed by atoms with Crippen LogP contribution in [0.25, 0.3) is 0 Å². The fourth-order valence-corrected chi connectivity index (χ4v) is 5.86. The van der Waals surface area contributed by atoms with Gasteiger partial charge in [-0.15, -0.1) is 12.4 Å². The van der Waals surface area contributed by atoms with Crippen LogP contribution in [0.1, 0.15) is 38.5 Å². The first-order valence-corrected chi connectivity index (χ1v) is 11.2. The molecule has 3 rings (SSSR count).